The van der Waals surface area contributed by atoms with Crippen molar-refractivity contribution in [2.24, 2.45) is 0 Å². The molecule has 23 heavy (non-hydrogen) atoms. The average Bonchev–Trinajstić information content (AvgIpc) is 2.62. The van der Waals surface area contributed by atoms with Crippen LogP contribution in [0.25, 0.3) is 0 Å². The molecule has 3 aromatic carbocycles. The van der Waals surface area contributed by atoms with Gasteiger partial charge < -0.3 is 0 Å². The summed E-state index contributed by atoms with van der Waals surface area (Å²) < 4.78 is 0. The van der Waals surface area contributed by atoms with Crippen LogP contribution in [0.15, 0.2) is 84.9 Å². The van der Waals surface area contributed by atoms with Gasteiger partial charge in [0.15, 0.2) is 0 Å². The average molecular weight is 300 g/mol. The molecule has 0 aliphatic rings. The quantitative estimate of drug-likeness (QED) is 0.538. The Hall–Kier alpha value is -2.34. The van der Waals surface area contributed by atoms with Crippen molar-refractivity contribution in [1.82, 2.24) is 0 Å². The smallest absolute Gasteiger partial charge is 0.0150 e. The fraction of sp³-hybridized carbons (Fsp3) is 0.217. The molecule has 0 saturated carbocycles. The highest BCUT2D eigenvalue weighted by Crippen LogP contribution is 2.21. The van der Waals surface area contributed by atoms with E-state index in [2.05, 4.69) is 91.9 Å². The molecule has 0 aliphatic heterocycles. The standard InChI is InChI=1S/C23H24/c1-19(18-22-10-6-3-7-11-22)23-16-14-21(15-17-23)13-12-20-8-4-2-5-9-20/h2-11,14-17,19H,12-13,18H2,1H3. The molecule has 1 atom stereocenters. The summed E-state index contributed by atoms with van der Waals surface area (Å²) in [5, 5.41) is 0. The molecule has 0 radical (unpaired) electrons. The van der Waals surface area contributed by atoms with Crippen LogP contribution in [0.2, 0.25) is 0 Å². The topological polar surface area (TPSA) is 0 Å². The minimum atomic E-state index is 0.556. The molecule has 1 unspecified atom stereocenters. The van der Waals surface area contributed by atoms with Gasteiger partial charge in [-0.15, -0.1) is 0 Å². The molecule has 3 aromatic rings. The zero-order valence-corrected chi connectivity index (χ0v) is 13.8. The van der Waals surface area contributed by atoms with Crippen molar-refractivity contribution in [3.05, 3.63) is 107 Å². The summed E-state index contributed by atoms with van der Waals surface area (Å²) >= 11 is 0. The van der Waals surface area contributed by atoms with E-state index < -0.39 is 0 Å². The Bertz CT molecular complexity index is 696. The van der Waals surface area contributed by atoms with Crippen LogP contribution in [0.5, 0.6) is 0 Å². The lowest BCUT2D eigenvalue weighted by molar-refractivity contribution is 0.758. The van der Waals surface area contributed by atoms with Crippen molar-refractivity contribution in [1.29, 1.82) is 0 Å². The molecule has 3 rings (SSSR count). The molecule has 0 nitrogen and oxygen atoms in total. The van der Waals surface area contributed by atoms with Gasteiger partial charge in [-0.25, -0.2) is 0 Å². The Kier molecular flexibility index (Phi) is 5.26. The maximum atomic E-state index is 2.31. The van der Waals surface area contributed by atoms with Gasteiger partial charge in [0.05, 0.1) is 0 Å². The summed E-state index contributed by atoms with van der Waals surface area (Å²) in [6.45, 7) is 2.31. The highest BCUT2D eigenvalue weighted by molar-refractivity contribution is 5.28. The number of rotatable bonds is 6. The maximum absolute atomic E-state index is 2.31. The highest BCUT2D eigenvalue weighted by Gasteiger charge is 2.06. The lowest BCUT2D eigenvalue weighted by atomic mass is 9.92. The summed E-state index contributed by atoms with van der Waals surface area (Å²) in [5.41, 5.74) is 5.67. The van der Waals surface area contributed by atoms with E-state index >= 15 is 0 Å². The summed E-state index contributed by atoms with van der Waals surface area (Å²) in [5.74, 6) is 0.556. The molecule has 0 spiro atoms. The fourth-order valence-electron chi connectivity index (χ4n) is 3.03. The molecular formula is C23H24. The van der Waals surface area contributed by atoms with Gasteiger partial charge in [-0.2, -0.15) is 0 Å². The normalized spacial score (nSPS) is 12.0. The lowest BCUT2D eigenvalue weighted by Gasteiger charge is -2.13. The zero-order chi connectivity index (χ0) is 15.9. The molecule has 0 N–H and O–H groups in total. The summed E-state index contributed by atoms with van der Waals surface area (Å²) in [6.07, 6.45) is 3.32. The number of aryl methyl sites for hydroxylation is 2. The SMILES string of the molecule is CC(Cc1ccccc1)c1ccc(CCc2ccccc2)cc1. The van der Waals surface area contributed by atoms with E-state index in [1.807, 2.05) is 0 Å². The third-order valence-electron chi connectivity index (χ3n) is 4.48. The lowest BCUT2D eigenvalue weighted by Crippen LogP contribution is -1.99. The summed E-state index contributed by atoms with van der Waals surface area (Å²) in [4.78, 5) is 0. The summed E-state index contributed by atoms with van der Waals surface area (Å²) in [6, 6.07) is 30.6. The predicted octanol–water partition coefficient (Wildman–Crippen LogP) is 5.82. The minimum absolute atomic E-state index is 0.556. The fourth-order valence-corrected chi connectivity index (χ4v) is 3.03. The molecule has 0 amide bonds. The number of benzene rings is 3. The Morgan fingerprint density at radius 2 is 1.04 bits per heavy atom. The molecule has 0 heteroatoms. The van der Waals surface area contributed by atoms with Gasteiger partial charge in [-0.1, -0.05) is 91.9 Å². The Balaban J connectivity index is 1.58. The van der Waals surface area contributed by atoms with E-state index in [0.717, 1.165) is 19.3 Å². The third kappa shape index (κ3) is 4.56. The minimum Gasteiger partial charge on any atom is -0.0622 e. The van der Waals surface area contributed by atoms with Crippen LogP contribution >= 0.6 is 0 Å². The first kappa shape index (κ1) is 15.6. The Morgan fingerprint density at radius 3 is 1.61 bits per heavy atom. The second kappa shape index (κ2) is 7.78. The first-order chi connectivity index (χ1) is 11.3. The van der Waals surface area contributed by atoms with E-state index in [4.69, 9.17) is 0 Å². The van der Waals surface area contributed by atoms with Crippen molar-refractivity contribution in [3.63, 3.8) is 0 Å². The summed E-state index contributed by atoms with van der Waals surface area (Å²) in [7, 11) is 0. The second-order valence-electron chi connectivity index (χ2n) is 6.32. The molecule has 0 fully saturated rings. The number of hydrogen-bond donors (Lipinski definition) is 0. The van der Waals surface area contributed by atoms with Crippen LogP contribution in [-0.2, 0) is 19.3 Å². The third-order valence-corrected chi connectivity index (χ3v) is 4.48. The van der Waals surface area contributed by atoms with Crippen molar-refractivity contribution in [3.8, 4) is 0 Å². The van der Waals surface area contributed by atoms with E-state index in [1.54, 1.807) is 0 Å². The molecule has 116 valence electrons. The van der Waals surface area contributed by atoms with Crippen molar-refractivity contribution in [2.45, 2.75) is 32.1 Å². The van der Waals surface area contributed by atoms with Crippen molar-refractivity contribution < 1.29 is 0 Å². The van der Waals surface area contributed by atoms with Crippen molar-refractivity contribution >= 4 is 0 Å². The molecular weight excluding hydrogens is 276 g/mol. The first-order valence-corrected chi connectivity index (χ1v) is 8.48. The van der Waals surface area contributed by atoms with Gasteiger partial charge in [0, 0.05) is 0 Å². The molecule has 0 heterocycles. The van der Waals surface area contributed by atoms with E-state index in [9.17, 15) is 0 Å². The molecule has 0 aromatic heterocycles. The van der Waals surface area contributed by atoms with Crippen LogP contribution in [0, 0.1) is 0 Å². The largest absolute Gasteiger partial charge is 0.0622 e. The van der Waals surface area contributed by atoms with E-state index in [1.165, 1.54) is 22.3 Å². The molecule has 0 bridgehead atoms. The van der Waals surface area contributed by atoms with Gasteiger partial charge in [-0.05, 0) is 47.4 Å². The van der Waals surface area contributed by atoms with Gasteiger partial charge in [0.1, 0.15) is 0 Å². The predicted molar refractivity (Wildman–Crippen MR) is 98.9 cm³/mol. The Morgan fingerprint density at radius 1 is 0.565 bits per heavy atom. The van der Waals surface area contributed by atoms with Crippen LogP contribution in [0.4, 0.5) is 0 Å². The van der Waals surface area contributed by atoms with Crippen molar-refractivity contribution in [2.75, 3.05) is 0 Å². The second-order valence-corrected chi connectivity index (χ2v) is 6.32. The van der Waals surface area contributed by atoms with E-state index in [0.29, 0.717) is 5.92 Å². The molecule has 0 aliphatic carbocycles. The van der Waals surface area contributed by atoms with Gasteiger partial charge in [-0.3, -0.25) is 0 Å². The maximum Gasteiger partial charge on any atom is -0.0150 e. The van der Waals surface area contributed by atoms with Gasteiger partial charge >= 0.3 is 0 Å². The first-order valence-electron chi connectivity index (χ1n) is 8.48. The highest BCUT2D eigenvalue weighted by atomic mass is 14.1. The van der Waals surface area contributed by atoms with E-state index in [-0.39, 0.29) is 0 Å². The van der Waals surface area contributed by atoms with Gasteiger partial charge in [0.25, 0.3) is 0 Å². The monoisotopic (exact) mass is 300 g/mol. The van der Waals surface area contributed by atoms with Crippen LogP contribution in [0.1, 0.15) is 35.1 Å². The zero-order valence-electron chi connectivity index (χ0n) is 13.8. The van der Waals surface area contributed by atoms with Crippen LogP contribution in [-0.4, -0.2) is 0 Å². The van der Waals surface area contributed by atoms with Crippen LogP contribution in [0.3, 0.4) is 0 Å². The number of hydrogen-bond acceptors (Lipinski definition) is 0. The van der Waals surface area contributed by atoms with Crippen LogP contribution < -0.4 is 0 Å². The van der Waals surface area contributed by atoms with Gasteiger partial charge in [0.2, 0.25) is 0 Å². The molecule has 0 saturated heterocycles. The Labute approximate surface area is 139 Å².